The molecule has 4 nitrogen and oxygen atoms in total. The van der Waals surface area contributed by atoms with Gasteiger partial charge < -0.3 is 11.1 Å². The lowest BCUT2D eigenvalue weighted by atomic mass is 10.3. The summed E-state index contributed by atoms with van der Waals surface area (Å²) >= 11 is 6.77. The molecular weight excluding hydrogens is 267 g/mol. The molecule has 0 heterocycles. The number of rotatable bonds is 5. The minimum absolute atomic E-state index is 0.00699. The Morgan fingerprint density at radius 2 is 2.18 bits per heavy atom. The predicted molar refractivity (Wildman–Crippen MR) is 64.3 cm³/mol. The summed E-state index contributed by atoms with van der Waals surface area (Å²) in [5, 5.41) is 2.34. The molecule has 1 rings (SSSR count). The summed E-state index contributed by atoms with van der Waals surface area (Å²) in [4.78, 5) is 22.3. The largest absolute Gasteiger partial charge is 0.368 e. The van der Waals surface area contributed by atoms with Crippen LogP contribution in [0.1, 0.15) is 0 Å². The van der Waals surface area contributed by atoms with Crippen LogP contribution >= 0.6 is 23.4 Å². The summed E-state index contributed by atoms with van der Waals surface area (Å²) in [6, 6.07) is 4.18. The van der Waals surface area contributed by atoms with Gasteiger partial charge in [0.2, 0.25) is 11.8 Å². The van der Waals surface area contributed by atoms with Gasteiger partial charge in [0.1, 0.15) is 5.82 Å². The first-order chi connectivity index (χ1) is 7.99. The highest BCUT2D eigenvalue weighted by Gasteiger charge is 2.06. The van der Waals surface area contributed by atoms with Gasteiger partial charge in [-0.1, -0.05) is 11.6 Å². The number of primary amides is 1. The van der Waals surface area contributed by atoms with E-state index in [2.05, 4.69) is 5.32 Å². The summed E-state index contributed by atoms with van der Waals surface area (Å²) in [6.07, 6.45) is 0. The van der Waals surface area contributed by atoms with Gasteiger partial charge in [0.25, 0.3) is 0 Å². The van der Waals surface area contributed by atoms with E-state index in [4.69, 9.17) is 17.3 Å². The Morgan fingerprint density at radius 3 is 2.76 bits per heavy atom. The average Bonchev–Trinajstić information content (AvgIpc) is 2.28. The van der Waals surface area contributed by atoms with Gasteiger partial charge in [-0.25, -0.2) is 4.39 Å². The number of nitrogens with one attached hydrogen (secondary N) is 1. The summed E-state index contributed by atoms with van der Waals surface area (Å²) in [5.74, 6) is -1.33. The number of carbonyl (C=O) groups excluding carboxylic acids is 2. The molecule has 0 aliphatic heterocycles. The van der Waals surface area contributed by atoms with E-state index in [-0.39, 0.29) is 23.2 Å². The van der Waals surface area contributed by atoms with E-state index >= 15 is 0 Å². The summed E-state index contributed by atoms with van der Waals surface area (Å²) < 4.78 is 12.8. The van der Waals surface area contributed by atoms with Crippen LogP contribution < -0.4 is 11.1 Å². The molecule has 0 aromatic heterocycles. The van der Waals surface area contributed by atoms with Gasteiger partial charge in [-0.05, 0) is 18.2 Å². The molecule has 92 valence electrons. The lowest BCUT2D eigenvalue weighted by molar-refractivity contribution is -0.123. The van der Waals surface area contributed by atoms with Crippen molar-refractivity contribution in [2.75, 3.05) is 12.3 Å². The molecule has 1 aromatic rings. The average molecular weight is 277 g/mol. The Balaban J connectivity index is 2.42. The van der Waals surface area contributed by atoms with E-state index in [1.165, 1.54) is 30.0 Å². The van der Waals surface area contributed by atoms with Crippen molar-refractivity contribution in [2.24, 2.45) is 5.73 Å². The maximum absolute atomic E-state index is 12.8. The summed E-state index contributed by atoms with van der Waals surface area (Å²) in [7, 11) is 0. The second-order valence-corrected chi connectivity index (χ2v) is 4.56. The van der Waals surface area contributed by atoms with Crippen molar-refractivity contribution < 1.29 is 14.0 Å². The first kappa shape index (κ1) is 13.8. The Bertz CT molecular complexity index is 442. The minimum atomic E-state index is -0.604. The Kier molecular flexibility index (Phi) is 5.24. The molecule has 0 atom stereocenters. The Hall–Kier alpha value is -1.27. The van der Waals surface area contributed by atoms with Crippen molar-refractivity contribution in [3.05, 3.63) is 29.0 Å². The molecular formula is C10H10ClFN2O2S. The van der Waals surface area contributed by atoms with E-state index in [1.807, 2.05) is 0 Å². The SMILES string of the molecule is NC(=O)CNC(=O)CSc1ccc(F)c(Cl)c1. The molecule has 2 amide bonds. The number of hydrogen-bond acceptors (Lipinski definition) is 3. The monoisotopic (exact) mass is 276 g/mol. The summed E-state index contributed by atoms with van der Waals surface area (Å²) in [6.45, 7) is -0.191. The van der Waals surface area contributed by atoms with Gasteiger partial charge in [0, 0.05) is 4.90 Å². The zero-order chi connectivity index (χ0) is 12.8. The number of thioether (sulfide) groups is 1. The maximum atomic E-state index is 12.8. The van der Waals surface area contributed by atoms with Crippen LogP contribution in [0.4, 0.5) is 4.39 Å². The molecule has 0 saturated carbocycles. The number of amides is 2. The fourth-order valence-corrected chi connectivity index (χ4v) is 1.96. The van der Waals surface area contributed by atoms with E-state index in [1.54, 1.807) is 0 Å². The number of benzene rings is 1. The van der Waals surface area contributed by atoms with Gasteiger partial charge in [0.05, 0.1) is 17.3 Å². The molecule has 3 N–H and O–H groups in total. The number of hydrogen-bond donors (Lipinski definition) is 2. The Morgan fingerprint density at radius 1 is 1.47 bits per heavy atom. The van der Waals surface area contributed by atoms with E-state index in [9.17, 15) is 14.0 Å². The number of carbonyl (C=O) groups is 2. The van der Waals surface area contributed by atoms with Gasteiger partial charge in [-0.15, -0.1) is 11.8 Å². The Labute approximate surface area is 107 Å². The first-order valence-corrected chi connectivity index (χ1v) is 5.98. The molecule has 0 radical (unpaired) electrons. The highest BCUT2D eigenvalue weighted by molar-refractivity contribution is 8.00. The second-order valence-electron chi connectivity index (χ2n) is 3.11. The third-order valence-corrected chi connectivity index (χ3v) is 3.00. The van der Waals surface area contributed by atoms with Crippen LogP contribution in [-0.2, 0) is 9.59 Å². The first-order valence-electron chi connectivity index (χ1n) is 4.62. The van der Waals surface area contributed by atoms with E-state index < -0.39 is 11.7 Å². The van der Waals surface area contributed by atoms with Crippen LogP contribution in [-0.4, -0.2) is 24.1 Å². The van der Waals surface area contributed by atoms with Crippen molar-refractivity contribution in [1.29, 1.82) is 0 Å². The van der Waals surface area contributed by atoms with E-state index in [0.29, 0.717) is 4.90 Å². The van der Waals surface area contributed by atoms with E-state index in [0.717, 1.165) is 0 Å². The van der Waals surface area contributed by atoms with Gasteiger partial charge in [-0.3, -0.25) is 9.59 Å². The molecule has 1 aromatic carbocycles. The smallest absolute Gasteiger partial charge is 0.236 e. The van der Waals surface area contributed by atoms with Crippen LogP contribution in [0, 0.1) is 5.82 Å². The standard InChI is InChI=1S/C10H10ClFN2O2S/c11-7-3-6(1-2-8(7)12)17-5-10(16)14-4-9(13)15/h1-3H,4-5H2,(H2,13,15)(H,14,16). The number of nitrogens with two attached hydrogens (primary N) is 1. The highest BCUT2D eigenvalue weighted by atomic mass is 35.5. The molecule has 0 spiro atoms. The van der Waals surface area contributed by atoms with Crippen LogP contribution in [0.2, 0.25) is 5.02 Å². The fourth-order valence-electron chi connectivity index (χ4n) is 0.952. The highest BCUT2D eigenvalue weighted by Crippen LogP contribution is 2.23. The molecule has 0 unspecified atom stereocenters. The van der Waals surface area contributed by atoms with Crippen molar-refractivity contribution in [1.82, 2.24) is 5.32 Å². The lowest BCUT2D eigenvalue weighted by Crippen LogP contribution is -2.34. The zero-order valence-corrected chi connectivity index (χ0v) is 10.3. The van der Waals surface area contributed by atoms with Crippen LogP contribution in [0.3, 0.4) is 0 Å². The lowest BCUT2D eigenvalue weighted by Gasteiger charge is -2.03. The van der Waals surface area contributed by atoms with Crippen molar-refractivity contribution >= 4 is 35.2 Å². The zero-order valence-electron chi connectivity index (χ0n) is 8.70. The number of halogens is 2. The van der Waals surface area contributed by atoms with Crippen LogP contribution in [0.5, 0.6) is 0 Å². The van der Waals surface area contributed by atoms with Crippen molar-refractivity contribution in [2.45, 2.75) is 4.90 Å². The minimum Gasteiger partial charge on any atom is -0.368 e. The third-order valence-electron chi connectivity index (χ3n) is 1.72. The maximum Gasteiger partial charge on any atom is 0.236 e. The fraction of sp³-hybridized carbons (Fsp3) is 0.200. The molecule has 7 heteroatoms. The van der Waals surface area contributed by atoms with Gasteiger partial charge in [-0.2, -0.15) is 0 Å². The second kappa shape index (κ2) is 6.46. The molecule has 17 heavy (non-hydrogen) atoms. The normalized spacial score (nSPS) is 10.0. The van der Waals surface area contributed by atoms with Crippen LogP contribution in [0.25, 0.3) is 0 Å². The van der Waals surface area contributed by atoms with Crippen molar-refractivity contribution in [3.8, 4) is 0 Å². The van der Waals surface area contributed by atoms with Crippen LogP contribution in [0.15, 0.2) is 23.1 Å². The molecule has 0 saturated heterocycles. The molecule has 0 aliphatic rings. The van der Waals surface area contributed by atoms with Gasteiger partial charge in [0.15, 0.2) is 0 Å². The predicted octanol–water partition coefficient (Wildman–Crippen LogP) is 1.17. The van der Waals surface area contributed by atoms with Gasteiger partial charge >= 0.3 is 0 Å². The third kappa shape index (κ3) is 5.06. The quantitative estimate of drug-likeness (QED) is 0.793. The van der Waals surface area contributed by atoms with Crippen molar-refractivity contribution in [3.63, 3.8) is 0 Å². The topological polar surface area (TPSA) is 72.2 Å². The molecule has 0 aliphatic carbocycles. The molecule has 0 bridgehead atoms. The summed E-state index contributed by atoms with van der Waals surface area (Å²) in [5.41, 5.74) is 4.86. The molecule has 0 fully saturated rings.